The van der Waals surface area contributed by atoms with Crippen LogP contribution < -0.4 is 0 Å². The molecule has 4 nitrogen and oxygen atoms in total. The van der Waals surface area contributed by atoms with Gasteiger partial charge in [0, 0.05) is 6.54 Å². The van der Waals surface area contributed by atoms with E-state index in [9.17, 15) is 14.0 Å². The first-order valence-corrected chi connectivity index (χ1v) is 6.68. The molecule has 1 aromatic carbocycles. The van der Waals surface area contributed by atoms with Gasteiger partial charge >= 0.3 is 5.97 Å². The zero-order valence-electron chi connectivity index (χ0n) is 10.4. The average Bonchev–Trinajstić information content (AvgIpc) is 2.89. The maximum absolute atomic E-state index is 13.9. The highest BCUT2D eigenvalue weighted by Crippen LogP contribution is 2.24. The molecule has 1 fully saturated rings. The number of methoxy groups -OCH3 is 1. The molecule has 19 heavy (non-hydrogen) atoms. The number of halogens is 2. The van der Waals surface area contributed by atoms with E-state index in [0.29, 0.717) is 19.4 Å². The molecular weight excluding hydrogens is 317 g/mol. The van der Waals surface area contributed by atoms with E-state index in [2.05, 4.69) is 20.7 Å². The SMILES string of the molecule is COC(=O)C1CCCN1C(=O)c1cccc(Br)c1F. The minimum absolute atomic E-state index is 0.0369. The van der Waals surface area contributed by atoms with Gasteiger partial charge in [0.05, 0.1) is 17.1 Å². The smallest absolute Gasteiger partial charge is 0.328 e. The monoisotopic (exact) mass is 329 g/mol. The molecule has 0 radical (unpaired) electrons. The van der Waals surface area contributed by atoms with Gasteiger partial charge in [0.15, 0.2) is 0 Å². The Labute approximate surface area is 118 Å². The van der Waals surface area contributed by atoms with Gasteiger partial charge in [0.2, 0.25) is 0 Å². The average molecular weight is 330 g/mol. The van der Waals surface area contributed by atoms with Crippen LogP contribution in [0.2, 0.25) is 0 Å². The maximum atomic E-state index is 13.9. The van der Waals surface area contributed by atoms with Gasteiger partial charge in [-0.05, 0) is 40.9 Å². The summed E-state index contributed by atoms with van der Waals surface area (Å²) in [5, 5.41) is 0. The molecule has 1 aromatic rings. The zero-order chi connectivity index (χ0) is 14.0. The fraction of sp³-hybridized carbons (Fsp3) is 0.385. The summed E-state index contributed by atoms with van der Waals surface area (Å²) in [6.07, 6.45) is 1.26. The molecule has 1 saturated heterocycles. The summed E-state index contributed by atoms with van der Waals surface area (Å²) in [4.78, 5) is 25.3. The Bertz CT molecular complexity index is 521. The second-order valence-electron chi connectivity index (χ2n) is 4.28. The molecule has 6 heteroatoms. The zero-order valence-corrected chi connectivity index (χ0v) is 11.9. The molecule has 0 spiro atoms. The first-order valence-electron chi connectivity index (χ1n) is 5.89. The molecule has 1 heterocycles. The lowest BCUT2D eigenvalue weighted by Gasteiger charge is -2.23. The quantitative estimate of drug-likeness (QED) is 0.782. The number of ether oxygens (including phenoxy) is 1. The molecule has 1 amide bonds. The first-order chi connectivity index (χ1) is 9.06. The molecular formula is C13H13BrFNO3. The van der Waals surface area contributed by atoms with Crippen molar-refractivity contribution >= 4 is 27.8 Å². The molecule has 2 rings (SSSR count). The minimum atomic E-state index is -0.615. The number of benzene rings is 1. The molecule has 1 aliphatic rings. The number of nitrogens with zero attached hydrogens (tertiary/aromatic N) is 1. The fourth-order valence-electron chi connectivity index (χ4n) is 2.21. The summed E-state index contributed by atoms with van der Waals surface area (Å²) in [6, 6.07) is 3.91. The van der Waals surface area contributed by atoms with Crippen molar-refractivity contribution in [2.45, 2.75) is 18.9 Å². The molecule has 1 atom stereocenters. The largest absolute Gasteiger partial charge is 0.467 e. The van der Waals surface area contributed by atoms with Crippen molar-refractivity contribution in [3.05, 3.63) is 34.1 Å². The molecule has 0 aliphatic carbocycles. The van der Waals surface area contributed by atoms with Gasteiger partial charge in [-0.25, -0.2) is 9.18 Å². The Balaban J connectivity index is 2.28. The van der Waals surface area contributed by atoms with Crippen LogP contribution in [0.5, 0.6) is 0 Å². The van der Waals surface area contributed by atoms with E-state index in [4.69, 9.17) is 0 Å². The number of likely N-dealkylation sites (tertiary alicyclic amines) is 1. The molecule has 0 saturated carbocycles. The van der Waals surface area contributed by atoms with Crippen LogP contribution in [-0.2, 0) is 9.53 Å². The third-order valence-electron chi connectivity index (χ3n) is 3.17. The van der Waals surface area contributed by atoms with Crippen LogP contribution in [0.1, 0.15) is 23.2 Å². The predicted octanol–water partition coefficient (Wildman–Crippen LogP) is 2.37. The maximum Gasteiger partial charge on any atom is 0.328 e. The fourth-order valence-corrected chi connectivity index (χ4v) is 2.58. The lowest BCUT2D eigenvalue weighted by Crippen LogP contribution is -2.41. The lowest BCUT2D eigenvalue weighted by molar-refractivity contribution is -0.145. The number of rotatable bonds is 2. The van der Waals surface area contributed by atoms with E-state index in [1.54, 1.807) is 6.07 Å². The van der Waals surface area contributed by atoms with Crippen LogP contribution in [0.25, 0.3) is 0 Å². The highest BCUT2D eigenvalue weighted by molar-refractivity contribution is 9.10. The van der Waals surface area contributed by atoms with E-state index in [-0.39, 0.29) is 10.0 Å². The summed E-state index contributed by atoms with van der Waals surface area (Å²) in [7, 11) is 1.28. The number of carbonyl (C=O) groups is 2. The van der Waals surface area contributed by atoms with Crippen molar-refractivity contribution in [3.8, 4) is 0 Å². The van der Waals surface area contributed by atoms with Gasteiger partial charge in [0.25, 0.3) is 5.91 Å². The minimum Gasteiger partial charge on any atom is -0.467 e. The van der Waals surface area contributed by atoms with Gasteiger partial charge in [0.1, 0.15) is 11.9 Å². The number of hydrogen-bond donors (Lipinski definition) is 0. The normalized spacial score (nSPS) is 18.5. The van der Waals surface area contributed by atoms with E-state index in [1.165, 1.54) is 24.1 Å². The summed E-state index contributed by atoms with van der Waals surface area (Å²) >= 11 is 3.04. The van der Waals surface area contributed by atoms with E-state index in [0.717, 1.165) is 0 Å². The van der Waals surface area contributed by atoms with Crippen molar-refractivity contribution in [2.24, 2.45) is 0 Å². The molecule has 1 unspecified atom stereocenters. The number of carbonyl (C=O) groups excluding carboxylic acids is 2. The molecule has 0 aromatic heterocycles. The highest BCUT2D eigenvalue weighted by atomic mass is 79.9. The van der Waals surface area contributed by atoms with Crippen molar-refractivity contribution in [2.75, 3.05) is 13.7 Å². The summed E-state index contributed by atoms with van der Waals surface area (Å²) in [5.41, 5.74) is -0.0369. The lowest BCUT2D eigenvalue weighted by atomic mass is 10.1. The van der Waals surface area contributed by atoms with E-state index >= 15 is 0 Å². The summed E-state index contributed by atoms with van der Waals surface area (Å²) in [5.74, 6) is -1.55. The number of esters is 1. The van der Waals surface area contributed by atoms with Crippen LogP contribution in [0.4, 0.5) is 4.39 Å². The Morgan fingerprint density at radius 2 is 2.21 bits per heavy atom. The molecule has 1 aliphatic heterocycles. The number of amides is 1. The second kappa shape index (κ2) is 5.69. The predicted molar refractivity (Wildman–Crippen MR) is 70.2 cm³/mol. The van der Waals surface area contributed by atoms with Crippen LogP contribution in [0.3, 0.4) is 0 Å². The van der Waals surface area contributed by atoms with Crippen LogP contribution in [-0.4, -0.2) is 36.5 Å². The van der Waals surface area contributed by atoms with Crippen molar-refractivity contribution < 1.29 is 18.7 Å². The summed E-state index contributed by atoms with van der Waals surface area (Å²) in [6.45, 7) is 0.435. The topological polar surface area (TPSA) is 46.6 Å². The van der Waals surface area contributed by atoms with Crippen LogP contribution in [0.15, 0.2) is 22.7 Å². The van der Waals surface area contributed by atoms with Gasteiger partial charge in [-0.15, -0.1) is 0 Å². The van der Waals surface area contributed by atoms with E-state index in [1.807, 2.05) is 0 Å². The summed E-state index contributed by atoms with van der Waals surface area (Å²) < 4.78 is 18.8. The highest BCUT2D eigenvalue weighted by Gasteiger charge is 2.36. The van der Waals surface area contributed by atoms with Gasteiger partial charge in [-0.1, -0.05) is 6.07 Å². The molecule has 0 bridgehead atoms. The second-order valence-corrected chi connectivity index (χ2v) is 5.14. The van der Waals surface area contributed by atoms with Gasteiger partial charge in [-0.2, -0.15) is 0 Å². The third-order valence-corrected chi connectivity index (χ3v) is 3.78. The Morgan fingerprint density at radius 3 is 2.89 bits per heavy atom. The Kier molecular flexibility index (Phi) is 4.19. The molecule has 0 N–H and O–H groups in total. The first kappa shape index (κ1) is 14.0. The van der Waals surface area contributed by atoms with Gasteiger partial charge < -0.3 is 9.64 Å². The molecule has 102 valence electrons. The van der Waals surface area contributed by atoms with Gasteiger partial charge in [-0.3, -0.25) is 4.79 Å². The Morgan fingerprint density at radius 1 is 1.47 bits per heavy atom. The van der Waals surface area contributed by atoms with Crippen LogP contribution in [0, 0.1) is 5.82 Å². The van der Waals surface area contributed by atoms with Crippen molar-refractivity contribution in [1.82, 2.24) is 4.90 Å². The Hall–Kier alpha value is -1.43. The number of hydrogen-bond acceptors (Lipinski definition) is 3. The third kappa shape index (κ3) is 2.63. The van der Waals surface area contributed by atoms with Crippen molar-refractivity contribution in [3.63, 3.8) is 0 Å². The van der Waals surface area contributed by atoms with E-state index < -0.39 is 23.7 Å². The standard InChI is InChI=1S/C13H13BrFNO3/c1-19-13(18)10-6-3-7-16(10)12(17)8-4-2-5-9(14)11(8)15/h2,4-5,10H,3,6-7H2,1H3. The van der Waals surface area contributed by atoms with Crippen LogP contribution >= 0.6 is 15.9 Å². The van der Waals surface area contributed by atoms with Crippen molar-refractivity contribution in [1.29, 1.82) is 0 Å².